The van der Waals surface area contributed by atoms with Crippen LogP contribution in [0.5, 0.6) is 0 Å². The second kappa shape index (κ2) is 6.46. The minimum absolute atomic E-state index is 0.437. The van der Waals surface area contributed by atoms with Crippen molar-refractivity contribution in [3.63, 3.8) is 0 Å². The maximum atomic E-state index is 5.44. The van der Waals surface area contributed by atoms with Gasteiger partial charge in [-0.25, -0.2) is 0 Å². The van der Waals surface area contributed by atoms with Crippen molar-refractivity contribution in [2.24, 2.45) is 0 Å². The lowest BCUT2D eigenvalue weighted by Crippen LogP contribution is -2.36. The van der Waals surface area contributed by atoms with E-state index in [2.05, 4.69) is 44.3 Å². The highest BCUT2D eigenvalue weighted by Crippen LogP contribution is 2.30. The number of rotatable bonds is 5. The number of benzene rings is 1. The average molecular weight is 339 g/mol. The fourth-order valence-corrected chi connectivity index (χ4v) is 3.48. The standard InChI is InChI=1S/C16H23BrN2O/c1-20-14-6-8-19(9-7-14)16-5-2-12(10-15(16)17)11-18-13-3-4-13/h2,5,10,13-14,18H,3-4,6-9,11H2,1H3. The maximum Gasteiger partial charge on any atom is 0.0605 e. The molecule has 110 valence electrons. The topological polar surface area (TPSA) is 24.5 Å². The van der Waals surface area contributed by atoms with E-state index in [1.54, 1.807) is 0 Å². The number of hydrogen-bond acceptors (Lipinski definition) is 3. The summed E-state index contributed by atoms with van der Waals surface area (Å²) in [6.07, 6.45) is 5.36. The SMILES string of the molecule is COC1CCN(c2ccc(CNC3CC3)cc2Br)CC1. The van der Waals surface area contributed by atoms with E-state index in [1.165, 1.54) is 28.6 Å². The summed E-state index contributed by atoms with van der Waals surface area (Å²) >= 11 is 3.74. The second-order valence-corrected chi connectivity index (χ2v) is 6.72. The van der Waals surface area contributed by atoms with Crippen LogP contribution in [0.25, 0.3) is 0 Å². The van der Waals surface area contributed by atoms with Crippen LogP contribution in [0.2, 0.25) is 0 Å². The van der Waals surface area contributed by atoms with Crippen molar-refractivity contribution >= 4 is 21.6 Å². The molecule has 4 heteroatoms. The lowest BCUT2D eigenvalue weighted by Gasteiger charge is -2.33. The molecule has 1 aliphatic carbocycles. The zero-order chi connectivity index (χ0) is 13.9. The Morgan fingerprint density at radius 2 is 2.00 bits per heavy atom. The maximum absolute atomic E-state index is 5.44. The first kappa shape index (κ1) is 14.4. The number of methoxy groups -OCH3 is 1. The minimum Gasteiger partial charge on any atom is -0.381 e. The molecule has 0 amide bonds. The zero-order valence-electron chi connectivity index (χ0n) is 12.1. The molecule has 0 atom stereocenters. The van der Waals surface area contributed by atoms with Gasteiger partial charge in [0.25, 0.3) is 0 Å². The Morgan fingerprint density at radius 1 is 1.25 bits per heavy atom. The summed E-state index contributed by atoms with van der Waals surface area (Å²) in [5.74, 6) is 0. The summed E-state index contributed by atoms with van der Waals surface area (Å²) in [6, 6.07) is 7.52. The number of nitrogens with one attached hydrogen (secondary N) is 1. The number of hydrogen-bond donors (Lipinski definition) is 1. The molecule has 1 aromatic carbocycles. The van der Waals surface area contributed by atoms with Crippen molar-refractivity contribution in [2.75, 3.05) is 25.1 Å². The van der Waals surface area contributed by atoms with E-state index >= 15 is 0 Å². The van der Waals surface area contributed by atoms with Gasteiger partial charge >= 0.3 is 0 Å². The number of ether oxygens (including phenoxy) is 1. The van der Waals surface area contributed by atoms with Gasteiger partial charge in [0.15, 0.2) is 0 Å². The van der Waals surface area contributed by atoms with Gasteiger partial charge in [-0.15, -0.1) is 0 Å². The summed E-state index contributed by atoms with van der Waals surface area (Å²) in [4.78, 5) is 2.46. The van der Waals surface area contributed by atoms with Crippen LogP contribution in [0.3, 0.4) is 0 Å². The first-order valence-electron chi connectivity index (χ1n) is 7.56. The lowest BCUT2D eigenvalue weighted by molar-refractivity contribution is 0.0819. The summed E-state index contributed by atoms with van der Waals surface area (Å²) in [7, 11) is 1.82. The predicted molar refractivity (Wildman–Crippen MR) is 86.2 cm³/mol. The quantitative estimate of drug-likeness (QED) is 0.891. The minimum atomic E-state index is 0.437. The molecule has 1 heterocycles. The number of piperidine rings is 1. The molecule has 2 fully saturated rings. The molecular formula is C16H23BrN2O. The van der Waals surface area contributed by atoms with Gasteiger partial charge in [-0.2, -0.15) is 0 Å². The highest BCUT2D eigenvalue weighted by molar-refractivity contribution is 9.10. The van der Waals surface area contributed by atoms with E-state index in [4.69, 9.17) is 4.74 Å². The van der Waals surface area contributed by atoms with Crippen molar-refractivity contribution < 1.29 is 4.74 Å². The number of nitrogens with zero attached hydrogens (tertiary/aromatic N) is 1. The lowest BCUT2D eigenvalue weighted by atomic mass is 10.1. The van der Waals surface area contributed by atoms with Crippen LogP contribution in [-0.4, -0.2) is 32.3 Å². The molecule has 3 rings (SSSR count). The van der Waals surface area contributed by atoms with Gasteiger partial charge in [0.05, 0.1) is 11.8 Å². The van der Waals surface area contributed by atoms with Gasteiger partial charge < -0.3 is 15.0 Å². The molecule has 3 nitrogen and oxygen atoms in total. The van der Waals surface area contributed by atoms with Crippen molar-refractivity contribution in [1.82, 2.24) is 5.32 Å². The molecular weight excluding hydrogens is 316 g/mol. The van der Waals surface area contributed by atoms with Crippen molar-refractivity contribution in [1.29, 1.82) is 0 Å². The smallest absolute Gasteiger partial charge is 0.0605 e. The van der Waals surface area contributed by atoms with E-state index in [0.29, 0.717) is 6.10 Å². The summed E-state index contributed by atoms with van der Waals surface area (Å²) < 4.78 is 6.65. The Labute approximate surface area is 129 Å². The summed E-state index contributed by atoms with van der Waals surface area (Å²) in [5.41, 5.74) is 2.68. The zero-order valence-corrected chi connectivity index (χ0v) is 13.7. The van der Waals surface area contributed by atoms with Gasteiger partial charge in [0.1, 0.15) is 0 Å². The fourth-order valence-electron chi connectivity index (χ4n) is 2.80. The van der Waals surface area contributed by atoms with Crippen LogP contribution in [0, 0.1) is 0 Å². The predicted octanol–water partition coefficient (Wildman–Crippen LogP) is 3.32. The number of anilines is 1. The molecule has 0 unspecified atom stereocenters. The molecule has 0 spiro atoms. The molecule has 0 radical (unpaired) electrons. The van der Waals surface area contributed by atoms with E-state index in [9.17, 15) is 0 Å². The van der Waals surface area contributed by atoms with Crippen molar-refractivity contribution in [3.05, 3.63) is 28.2 Å². The summed E-state index contributed by atoms with van der Waals surface area (Å²) in [5, 5.41) is 3.56. The van der Waals surface area contributed by atoms with Crippen LogP contribution in [0.15, 0.2) is 22.7 Å². The third-order valence-corrected chi connectivity index (χ3v) is 4.94. The Balaban J connectivity index is 1.61. The Bertz CT molecular complexity index is 454. The average Bonchev–Trinajstić information content (AvgIpc) is 3.30. The molecule has 0 aromatic heterocycles. The molecule has 20 heavy (non-hydrogen) atoms. The molecule has 2 aliphatic rings. The van der Waals surface area contributed by atoms with E-state index in [0.717, 1.165) is 38.5 Å². The van der Waals surface area contributed by atoms with Gasteiger partial charge in [-0.1, -0.05) is 6.07 Å². The van der Waals surface area contributed by atoms with Crippen molar-refractivity contribution in [2.45, 2.75) is 44.4 Å². The van der Waals surface area contributed by atoms with Crippen LogP contribution in [0.4, 0.5) is 5.69 Å². The molecule has 1 aromatic rings. The van der Waals surface area contributed by atoms with Crippen LogP contribution >= 0.6 is 15.9 Å². The van der Waals surface area contributed by atoms with Crippen LogP contribution in [0.1, 0.15) is 31.2 Å². The van der Waals surface area contributed by atoms with E-state index < -0.39 is 0 Å². The molecule has 1 saturated carbocycles. The van der Waals surface area contributed by atoms with E-state index in [-0.39, 0.29) is 0 Å². The highest BCUT2D eigenvalue weighted by Gasteiger charge is 2.21. The third-order valence-electron chi connectivity index (χ3n) is 4.30. The largest absolute Gasteiger partial charge is 0.381 e. The third kappa shape index (κ3) is 3.54. The Kier molecular flexibility index (Phi) is 4.64. The van der Waals surface area contributed by atoms with Gasteiger partial charge in [-0.3, -0.25) is 0 Å². The monoisotopic (exact) mass is 338 g/mol. The first-order valence-corrected chi connectivity index (χ1v) is 8.35. The Hall–Kier alpha value is -0.580. The normalized spacial score (nSPS) is 20.4. The van der Waals surface area contributed by atoms with E-state index in [1.807, 2.05) is 7.11 Å². The van der Waals surface area contributed by atoms with Crippen molar-refractivity contribution in [3.8, 4) is 0 Å². The van der Waals surface area contributed by atoms with Gasteiger partial charge in [-0.05, 0) is 59.3 Å². The van der Waals surface area contributed by atoms with Gasteiger partial charge in [0.2, 0.25) is 0 Å². The van der Waals surface area contributed by atoms with Gasteiger partial charge in [0, 0.05) is 37.3 Å². The Morgan fingerprint density at radius 3 is 2.60 bits per heavy atom. The molecule has 1 aliphatic heterocycles. The molecule has 1 N–H and O–H groups in total. The first-order chi connectivity index (χ1) is 9.76. The number of halogens is 1. The molecule has 1 saturated heterocycles. The second-order valence-electron chi connectivity index (χ2n) is 5.86. The van der Waals surface area contributed by atoms with Crippen LogP contribution < -0.4 is 10.2 Å². The van der Waals surface area contributed by atoms with Crippen LogP contribution in [-0.2, 0) is 11.3 Å². The highest BCUT2D eigenvalue weighted by atomic mass is 79.9. The summed E-state index contributed by atoms with van der Waals surface area (Å²) in [6.45, 7) is 3.14. The fraction of sp³-hybridized carbons (Fsp3) is 0.625. The molecule has 0 bridgehead atoms.